The van der Waals surface area contributed by atoms with Crippen LogP contribution in [0.1, 0.15) is 26.7 Å². The van der Waals surface area contributed by atoms with E-state index in [1.807, 2.05) is 13.8 Å². The topological polar surface area (TPSA) is 89.3 Å². The molecule has 0 radical (unpaired) electrons. The van der Waals surface area contributed by atoms with Gasteiger partial charge >= 0.3 is 0 Å². The lowest BCUT2D eigenvalue weighted by atomic mass is 9.94. The lowest BCUT2D eigenvalue weighted by Gasteiger charge is -2.26. The summed E-state index contributed by atoms with van der Waals surface area (Å²) in [5.41, 5.74) is 5.56. The van der Waals surface area contributed by atoms with E-state index in [0.717, 1.165) is 0 Å². The summed E-state index contributed by atoms with van der Waals surface area (Å²) in [6.45, 7) is 4.12. The molecule has 3 N–H and O–H groups in total. The van der Waals surface area contributed by atoms with Crippen LogP contribution in [-0.2, 0) is 14.6 Å². The van der Waals surface area contributed by atoms with Gasteiger partial charge in [-0.25, -0.2) is 8.42 Å². The summed E-state index contributed by atoms with van der Waals surface area (Å²) in [5, 5.41) is 3.04. The minimum atomic E-state index is -3.67. The Kier molecular flexibility index (Phi) is 6.19. The summed E-state index contributed by atoms with van der Waals surface area (Å²) >= 11 is 5.71. The van der Waals surface area contributed by atoms with Gasteiger partial charge in [0.15, 0.2) is 9.84 Å². The maximum atomic E-state index is 12.1. The molecule has 1 aromatic carbocycles. The van der Waals surface area contributed by atoms with Crippen LogP contribution in [0, 0.1) is 0 Å². The van der Waals surface area contributed by atoms with E-state index in [4.69, 9.17) is 17.3 Å². The molecule has 0 unspecified atom stereocenters. The van der Waals surface area contributed by atoms with Crippen LogP contribution in [0.15, 0.2) is 29.2 Å². The Bertz CT molecular complexity index is 581. The lowest BCUT2D eigenvalue weighted by molar-refractivity contribution is -0.118. The average molecular weight is 333 g/mol. The first-order valence-electron chi connectivity index (χ1n) is 6.76. The zero-order valence-corrected chi connectivity index (χ0v) is 13.8. The van der Waals surface area contributed by atoms with E-state index in [2.05, 4.69) is 5.32 Å². The van der Waals surface area contributed by atoms with Crippen LogP contribution in [0.3, 0.4) is 0 Å². The largest absolute Gasteiger partial charge is 0.353 e. The Morgan fingerprint density at radius 1 is 1.24 bits per heavy atom. The predicted octanol–water partition coefficient (Wildman–Crippen LogP) is 1.75. The Morgan fingerprint density at radius 2 is 1.76 bits per heavy atom. The third kappa shape index (κ3) is 5.30. The van der Waals surface area contributed by atoms with Gasteiger partial charge in [0.05, 0.1) is 4.90 Å². The molecule has 7 heteroatoms. The Hall–Kier alpha value is -1.11. The Morgan fingerprint density at radius 3 is 2.24 bits per heavy atom. The molecule has 1 aromatic rings. The molecule has 1 rings (SSSR count). The molecule has 21 heavy (non-hydrogen) atoms. The van der Waals surface area contributed by atoms with Crippen LogP contribution in [-0.4, -0.2) is 32.2 Å². The Balaban J connectivity index is 2.67. The highest BCUT2D eigenvalue weighted by Crippen LogP contribution is 2.15. The fourth-order valence-electron chi connectivity index (χ4n) is 1.72. The standard InChI is InChI=1S/C14H21ClN2O3S/c1-3-14(16,4-2)10-17-13(18)9-21(19,20)12-7-5-11(15)6-8-12/h5-8H,3-4,9-10,16H2,1-2H3,(H,17,18). The second-order valence-corrected chi connectivity index (χ2v) is 7.49. The molecule has 0 aromatic heterocycles. The van der Waals surface area contributed by atoms with Gasteiger partial charge in [0, 0.05) is 17.1 Å². The first kappa shape index (κ1) is 17.9. The molecule has 0 aliphatic rings. The molecule has 0 fully saturated rings. The fourth-order valence-corrected chi connectivity index (χ4v) is 3.01. The molecule has 0 spiro atoms. The van der Waals surface area contributed by atoms with Crippen LogP contribution in [0.4, 0.5) is 0 Å². The number of carbonyl (C=O) groups excluding carboxylic acids is 1. The first-order valence-corrected chi connectivity index (χ1v) is 8.79. The van der Waals surface area contributed by atoms with Gasteiger partial charge in [0.2, 0.25) is 5.91 Å². The van der Waals surface area contributed by atoms with Gasteiger partial charge in [-0.05, 0) is 37.1 Å². The minimum Gasteiger partial charge on any atom is -0.353 e. The summed E-state index contributed by atoms with van der Waals surface area (Å²) in [7, 11) is -3.67. The summed E-state index contributed by atoms with van der Waals surface area (Å²) in [4.78, 5) is 11.9. The SMILES string of the molecule is CCC(N)(CC)CNC(=O)CS(=O)(=O)c1ccc(Cl)cc1. The van der Waals surface area contributed by atoms with Crippen LogP contribution in [0.5, 0.6) is 0 Å². The highest BCUT2D eigenvalue weighted by Gasteiger charge is 2.23. The van der Waals surface area contributed by atoms with Gasteiger partial charge in [0.25, 0.3) is 0 Å². The molecule has 118 valence electrons. The summed E-state index contributed by atoms with van der Waals surface area (Å²) < 4.78 is 24.2. The van der Waals surface area contributed by atoms with Crippen molar-refractivity contribution in [2.75, 3.05) is 12.3 Å². The minimum absolute atomic E-state index is 0.0760. The second kappa shape index (κ2) is 7.24. The van der Waals surface area contributed by atoms with Crippen molar-refractivity contribution in [3.63, 3.8) is 0 Å². The zero-order chi connectivity index (χ0) is 16.1. The van der Waals surface area contributed by atoms with Crippen LogP contribution in [0.25, 0.3) is 0 Å². The van der Waals surface area contributed by atoms with Crippen molar-refractivity contribution in [1.82, 2.24) is 5.32 Å². The Labute approximate surface area is 130 Å². The molecule has 0 aliphatic heterocycles. The average Bonchev–Trinajstić information content (AvgIpc) is 2.45. The van der Waals surface area contributed by atoms with Gasteiger partial charge < -0.3 is 11.1 Å². The first-order chi connectivity index (χ1) is 9.72. The van der Waals surface area contributed by atoms with Crippen molar-refractivity contribution in [3.05, 3.63) is 29.3 Å². The number of rotatable bonds is 7. The van der Waals surface area contributed by atoms with E-state index in [1.165, 1.54) is 24.3 Å². The molecule has 0 aliphatic carbocycles. The number of halogens is 1. The van der Waals surface area contributed by atoms with Crippen molar-refractivity contribution < 1.29 is 13.2 Å². The van der Waals surface area contributed by atoms with E-state index < -0.39 is 27.0 Å². The normalized spacial score (nSPS) is 12.2. The van der Waals surface area contributed by atoms with E-state index in [9.17, 15) is 13.2 Å². The number of carbonyl (C=O) groups is 1. The predicted molar refractivity (Wildman–Crippen MR) is 84.0 cm³/mol. The third-order valence-electron chi connectivity index (χ3n) is 3.54. The van der Waals surface area contributed by atoms with Crippen molar-refractivity contribution in [1.29, 1.82) is 0 Å². The van der Waals surface area contributed by atoms with Crippen LogP contribution >= 0.6 is 11.6 Å². The zero-order valence-electron chi connectivity index (χ0n) is 12.2. The summed E-state index contributed by atoms with van der Waals surface area (Å²) in [5.74, 6) is -1.15. The van der Waals surface area contributed by atoms with Crippen molar-refractivity contribution in [3.8, 4) is 0 Å². The maximum Gasteiger partial charge on any atom is 0.235 e. The number of hydrogen-bond donors (Lipinski definition) is 2. The number of nitrogens with two attached hydrogens (primary N) is 1. The smallest absolute Gasteiger partial charge is 0.235 e. The summed E-state index contributed by atoms with van der Waals surface area (Å²) in [6.07, 6.45) is 1.40. The van der Waals surface area contributed by atoms with Crippen LogP contribution in [0.2, 0.25) is 5.02 Å². The van der Waals surface area contributed by atoms with E-state index in [1.54, 1.807) is 0 Å². The molecule has 5 nitrogen and oxygen atoms in total. The third-order valence-corrected chi connectivity index (χ3v) is 5.42. The van der Waals surface area contributed by atoms with E-state index in [-0.39, 0.29) is 11.4 Å². The lowest BCUT2D eigenvalue weighted by Crippen LogP contribution is -2.50. The van der Waals surface area contributed by atoms with Gasteiger partial charge in [-0.3, -0.25) is 4.79 Å². The molecule has 1 amide bonds. The maximum absolute atomic E-state index is 12.1. The molecule has 0 bridgehead atoms. The number of nitrogens with one attached hydrogen (secondary N) is 1. The van der Waals surface area contributed by atoms with E-state index >= 15 is 0 Å². The van der Waals surface area contributed by atoms with Gasteiger partial charge in [-0.2, -0.15) is 0 Å². The van der Waals surface area contributed by atoms with Gasteiger partial charge in [0.1, 0.15) is 5.75 Å². The van der Waals surface area contributed by atoms with Crippen molar-refractivity contribution in [2.24, 2.45) is 5.73 Å². The highest BCUT2D eigenvalue weighted by molar-refractivity contribution is 7.92. The number of hydrogen-bond acceptors (Lipinski definition) is 4. The number of sulfone groups is 1. The molecule has 0 heterocycles. The summed E-state index contributed by atoms with van der Waals surface area (Å²) in [6, 6.07) is 5.73. The second-order valence-electron chi connectivity index (χ2n) is 5.06. The van der Waals surface area contributed by atoms with E-state index in [0.29, 0.717) is 17.9 Å². The number of benzene rings is 1. The van der Waals surface area contributed by atoms with Gasteiger partial charge in [-0.1, -0.05) is 25.4 Å². The fraction of sp³-hybridized carbons (Fsp3) is 0.500. The van der Waals surface area contributed by atoms with Crippen molar-refractivity contribution >= 4 is 27.3 Å². The van der Waals surface area contributed by atoms with Crippen molar-refractivity contribution in [2.45, 2.75) is 37.1 Å². The number of amides is 1. The molecule has 0 atom stereocenters. The molecular formula is C14H21ClN2O3S. The van der Waals surface area contributed by atoms with Crippen LogP contribution < -0.4 is 11.1 Å². The molecule has 0 saturated heterocycles. The van der Waals surface area contributed by atoms with Gasteiger partial charge in [-0.15, -0.1) is 0 Å². The molecule has 0 saturated carbocycles. The quantitative estimate of drug-likeness (QED) is 0.796. The highest BCUT2D eigenvalue weighted by atomic mass is 35.5. The molecular weight excluding hydrogens is 312 g/mol. The monoisotopic (exact) mass is 332 g/mol.